The van der Waals surface area contributed by atoms with Crippen LogP contribution >= 0.6 is 0 Å². The van der Waals surface area contributed by atoms with Crippen molar-refractivity contribution in [3.8, 4) is 0 Å². The summed E-state index contributed by atoms with van der Waals surface area (Å²) in [6.45, 7) is 7.71. The molecule has 1 rings (SSSR count). The summed E-state index contributed by atoms with van der Waals surface area (Å²) in [6.07, 6.45) is -1.24. The van der Waals surface area contributed by atoms with Gasteiger partial charge in [-0.1, -0.05) is 30.3 Å². The number of aliphatic hydroxyl groups is 1. The van der Waals surface area contributed by atoms with Gasteiger partial charge in [0.05, 0.1) is 6.54 Å². The Morgan fingerprint density at radius 1 is 1.24 bits per heavy atom. The molecule has 0 fully saturated rings. The van der Waals surface area contributed by atoms with Crippen LogP contribution in [0.5, 0.6) is 0 Å². The molecule has 0 heterocycles. The highest BCUT2D eigenvalue weighted by Crippen LogP contribution is 2.15. The highest BCUT2D eigenvalue weighted by molar-refractivity contribution is 5.87. The van der Waals surface area contributed by atoms with Gasteiger partial charge in [-0.3, -0.25) is 9.59 Å². The molecule has 5 nitrogen and oxygen atoms in total. The second kappa shape index (κ2) is 7.22. The van der Waals surface area contributed by atoms with Gasteiger partial charge in [0.15, 0.2) is 6.10 Å². The monoisotopic (exact) mass is 292 g/mol. The van der Waals surface area contributed by atoms with Crippen LogP contribution in [0, 0.1) is 0 Å². The fourth-order valence-electron chi connectivity index (χ4n) is 1.93. The molecule has 0 radical (unpaired) electrons. The number of nitrogens with one attached hydrogen (secondary N) is 1. The van der Waals surface area contributed by atoms with Crippen LogP contribution in [0.25, 0.3) is 0 Å². The molecule has 0 aromatic heterocycles. The number of rotatable bonds is 5. The van der Waals surface area contributed by atoms with Crippen molar-refractivity contribution in [1.29, 1.82) is 0 Å². The lowest BCUT2D eigenvalue weighted by Crippen LogP contribution is -2.48. The molecule has 116 valence electrons. The van der Waals surface area contributed by atoms with Gasteiger partial charge < -0.3 is 15.3 Å². The Kier molecular flexibility index (Phi) is 5.90. The molecule has 2 amide bonds. The van der Waals surface area contributed by atoms with Crippen molar-refractivity contribution in [2.45, 2.75) is 39.3 Å². The number of benzene rings is 1. The van der Waals surface area contributed by atoms with Gasteiger partial charge in [-0.05, 0) is 33.3 Å². The zero-order valence-electron chi connectivity index (χ0n) is 13.1. The van der Waals surface area contributed by atoms with Crippen LogP contribution in [0.15, 0.2) is 30.3 Å². The number of aliphatic hydroxyl groups excluding tert-OH is 1. The van der Waals surface area contributed by atoms with Gasteiger partial charge in [-0.25, -0.2) is 0 Å². The third-order valence-electron chi connectivity index (χ3n) is 2.89. The van der Waals surface area contributed by atoms with E-state index in [2.05, 4.69) is 5.32 Å². The number of carbonyl (C=O) groups excluding carboxylic acids is 2. The molecule has 1 aromatic rings. The Morgan fingerprint density at radius 2 is 1.81 bits per heavy atom. The Morgan fingerprint density at radius 3 is 2.29 bits per heavy atom. The zero-order chi connectivity index (χ0) is 16.0. The minimum atomic E-state index is -1.24. The normalized spacial score (nSPS) is 12.6. The van der Waals surface area contributed by atoms with E-state index in [0.717, 1.165) is 0 Å². The van der Waals surface area contributed by atoms with Crippen LogP contribution < -0.4 is 5.32 Å². The van der Waals surface area contributed by atoms with E-state index >= 15 is 0 Å². The molecule has 1 atom stereocenters. The van der Waals surface area contributed by atoms with Crippen molar-refractivity contribution in [2.75, 3.05) is 13.1 Å². The van der Waals surface area contributed by atoms with Crippen molar-refractivity contribution in [3.05, 3.63) is 35.9 Å². The predicted molar refractivity (Wildman–Crippen MR) is 81.6 cm³/mol. The van der Waals surface area contributed by atoms with Gasteiger partial charge in [0.25, 0.3) is 5.91 Å². The van der Waals surface area contributed by atoms with E-state index in [-0.39, 0.29) is 18.0 Å². The van der Waals surface area contributed by atoms with Gasteiger partial charge in [-0.15, -0.1) is 0 Å². The maximum atomic E-state index is 12.3. The topological polar surface area (TPSA) is 69.6 Å². The summed E-state index contributed by atoms with van der Waals surface area (Å²) in [5.41, 5.74) is 0.176. The lowest BCUT2D eigenvalue weighted by molar-refractivity contribution is -0.143. The number of carbonyl (C=O) groups is 2. The Hall–Kier alpha value is -1.88. The molecule has 0 aliphatic rings. The minimum Gasteiger partial charge on any atom is -0.378 e. The molecule has 1 unspecified atom stereocenters. The van der Waals surface area contributed by atoms with Crippen molar-refractivity contribution in [2.24, 2.45) is 0 Å². The summed E-state index contributed by atoms with van der Waals surface area (Å²) in [7, 11) is 0. The molecule has 0 bridgehead atoms. The highest BCUT2D eigenvalue weighted by atomic mass is 16.3. The van der Waals surface area contributed by atoms with E-state index in [1.807, 2.05) is 26.8 Å². The van der Waals surface area contributed by atoms with Crippen LogP contribution in [0.2, 0.25) is 0 Å². The van der Waals surface area contributed by atoms with Crippen LogP contribution in [-0.2, 0) is 9.59 Å². The summed E-state index contributed by atoms with van der Waals surface area (Å²) < 4.78 is 0. The van der Waals surface area contributed by atoms with Crippen LogP contribution in [0.3, 0.4) is 0 Å². The Balaban J connectivity index is 2.71. The van der Waals surface area contributed by atoms with Crippen molar-refractivity contribution < 1.29 is 14.7 Å². The third-order valence-corrected chi connectivity index (χ3v) is 2.89. The van der Waals surface area contributed by atoms with E-state index in [4.69, 9.17) is 0 Å². The van der Waals surface area contributed by atoms with Crippen LogP contribution in [-0.4, -0.2) is 40.4 Å². The number of amides is 2. The van der Waals surface area contributed by atoms with Crippen molar-refractivity contribution in [3.63, 3.8) is 0 Å². The molecule has 0 aliphatic heterocycles. The first-order valence-electron chi connectivity index (χ1n) is 7.07. The number of hydrogen-bond acceptors (Lipinski definition) is 3. The summed E-state index contributed by atoms with van der Waals surface area (Å²) >= 11 is 0. The van der Waals surface area contributed by atoms with Gasteiger partial charge in [-0.2, -0.15) is 0 Å². The number of likely N-dealkylation sites (N-methyl/N-ethyl adjacent to an activating group) is 1. The molecular weight excluding hydrogens is 268 g/mol. The first-order chi connectivity index (χ1) is 9.74. The van der Waals surface area contributed by atoms with Crippen molar-refractivity contribution >= 4 is 11.8 Å². The second-order valence-corrected chi connectivity index (χ2v) is 5.96. The summed E-state index contributed by atoms with van der Waals surface area (Å²) in [5.74, 6) is -0.703. The molecular formula is C16H24N2O3. The summed E-state index contributed by atoms with van der Waals surface area (Å²) in [5, 5.41) is 12.9. The predicted octanol–water partition coefficient (Wildman–Crippen LogP) is 1.48. The first kappa shape index (κ1) is 17.2. The standard InChI is InChI=1S/C16H24N2O3/c1-5-18(11-13(19)17-16(2,3)4)15(21)14(20)12-9-7-6-8-10-12/h6-10,14,20H,5,11H2,1-4H3,(H,17,19). The molecule has 5 heteroatoms. The van der Waals surface area contributed by atoms with Crippen LogP contribution in [0.4, 0.5) is 0 Å². The van der Waals surface area contributed by atoms with Gasteiger partial charge >= 0.3 is 0 Å². The largest absolute Gasteiger partial charge is 0.378 e. The van der Waals surface area contributed by atoms with E-state index in [1.54, 1.807) is 31.2 Å². The molecule has 0 aliphatic carbocycles. The molecule has 1 aromatic carbocycles. The van der Waals surface area contributed by atoms with E-state index in [9.17, 15) is 14.7 Å². The maximum Gasteiger partial charge on any atom is 0.256 e. The maximum absolute atomic E-state index is 12.3. The van der Waals surface area contributed by atoms with Crippen LogP contribution in [0.1, 0.15) is 39.4 Å². The third kappa shape index (κ3) is 5.55. The van der Waals surface area contributed by atoms with E-state index in [0.29, 0.717) is 12.1 Å². The molecule has 0 spiro atoms. The smallest absolute Gasteiger partial charge is 0.256 e. The number of hydrogen-bond donors (Lipinski definition) is 2. The van der Waals surface area contributed by atoms with Crippen molar-refractivity contribution in [1.82, 2.24) is 10.2 Å². The molecule has 0 saturated carbocycles. The Bertz CT molecular complexity index is 480. The van der Waals surface area contributed by atoms with E-state index < -0.39 is 12.0 Å². The molecule has 0 saturated heterocycles. The zero-order valence-corrected chi connectivity index (χ0v) is 13.1. The average molecular weight is 292 g/mol. The van der Waals surface area contributed by atoms with Gasteiger partial charge in [0.2, 0.25) is 5.91 Å². The lowest BCUT2D eigenvalue weighted by Gasteiger charge is -2.26. The molecule has 21 heavy (non-hydrogen) atoms. The average Bonchev–Trinajstić information content (AvgIpc) is 2.42. The van der Waals surface area contributed by atoms with Gasteiger partial charge in [0, 0.05) is 12.1 Å². The second-order valence-electron chi connectivity index (χ2n) is 5.96. The molecule has 2 N–H and O–H groups in total. The minimum absolute atomic E-state index is 0.0590. The van der Waals surface area contributed by atoms with E-state index in [1.165, 1.54) is 4.90 Å². The lowest BCUT2D eigenvalue weighted by atomic mass is 10.1. The Labute approximate surface area is 126 Å². The SMILES string of the molecule is CCN(CC(=O)NC(C)(C)C)C(=O)C(O)c1ccccc1. The summed E-state index contributed by atoms with van der Waals surface area (Å²) in [4.78, 5) is 25.5. The number of nitrogens with zero attached hydrogens (tertiary/aromatic N) is 1. The first-order valence-corrected chi connectivity index (χ1v) is 7.07. The summed E-state index contributed by atoms with van der Waals surface area (Å²) in [6, 6.07) is 8.70. The fourth-order valence-corrected chi connectivity index (χ4v) is 1.93. The quantitative estimate of drug-likeness (QED) is 0.863. The fraction of sp³-hybridized carbons (Fsp3) is 0.500. The van der Waals surface area contributed by atoms with Gasteiger partial charge in [0.1, 0.15) is 0 Å². The highest BCUT2D eigenvalue weighted by Gasteiger charge is 2.25.